The Balaban J connectivity index is 1.35. The van der Waals surface area contributed by atoms with Crippen molar-refractivity contribution in [2.24, 2.45) is 0 Å². The van der Waals surface area contributed by atoms with Gasteiger partial charge in [-0.1, -0.05) is 36.8 Å². The van der Waals surface area contributed by atoms with Gasteiger partial charge in [0.25, 0.3) is 11.7 Å². The van der Waals surface area contributed by atoms with Crippen LogP contribution in [0.2, 0.25) is 0 Å². The summed E-state index contributed by atoms with van der Waals surface area (Å²) in [6, 6.07) is 15.2. The number of rotatable bonds is 3. The molecule has 2 heterocycles. The first-order valence-electron chi connectivity index (χ1n) is 9.65. The summed E-state index contributed by atoms with van der Waals surface area (Å²) in [7, 11) is 0. The Morgan fingerprint density at radius 2 is 1.79 bits per heavy atom. The highest BCUT2D eigenvalue weighted by atomic mass is 16.7. The SMILES string of the molecule is O=C(Nc1ccc2c(c1)OC1(CCCCC1)O2)c1cn[nH]c1-c1ccccc1. The molecule has 5 rings (SSSR count). The molecular weight excluding hydrogens is 354 g/mol. The zero-order valence-corrected chi connectivity index (χ0v) is 15.4. The topological polar surface area (TPSA) is 76.2 Å². The molecule has 6 heteroatoms. The molecule has 1 saturated carbocycles. The average Bonchev–Trinajstić information content (AvgIpc) is 3.33. The number of aromatic nitrogens is 2. The third kappa shape index (κ3) is 3.01. The van der Waals surface area contributed by atoms with Gasteiger partial charge in [0.05, 0.1) is 17.5 Å². The zero-order valence-electron chi connectivity index (χ0n) is 15.4. The number of amides is 1. The van der Waals surface area contributed by atoms with E-state index in [0.717, 1.165) is 37.0 Å². The predicted octanol–water partition coefficient (Wildman–Crippen LogP) is 4.76. The molecule has 1 aromatic heterocycles. The zero-order chi connectivity index (χ0) is 19.0. The van der Waals surface area contributed by atoms with Crippen molar-refractivity contribution < 1.29 is 14.3 Å². The number of carbonyl (C=O) groups is 1. The van der Waals surface area contributed by atoms with Gasteiger partial charge in [-0.3, -0.25) is 9.89 Å². The number of hydrogen-bond acceptors (Lipinski definition) is 4. The number of benzene rings is 2. The molecule has 2 aliphatic rings. The maximum absolute atomic E-state index is 12.8. The number of nitrogens with one attached hydrogen (secondary N) is 2. The quantitative estimate of drug-likeness (QED) is 0.692. The lowest BCUT2D eigenvalue weighted by atomic mass is 9.94. The number of aromatic amines is 1. The van der Waals surface area contributed by atoms with Crippen molar-refractivity contribution in [3.8, 4) is 22.8 Å². The van der Waals surface area contributed by atoms with Crippen LogP contribution in [0.1, 0.15) is 42.5 Å². The van der Waals surface area contributed by atoms with Crippen molar-refractivity contribution in [3.05, 3.63) is 60.3 Å². The largest absolute Gasteiger partial charge is 0.448 e. The van der Waals surface area contributed by atoms with Gasteiger partial charge in [-0.2, -0.15) is 5.10 Å². The standard InChI is InChI=1S/C22H21N3O3/c26-21(17-14-23-25-20(17)15-7-3-1-4-8-15)24-16-9-10-18-19(13-16)28-22(27-18)11-5-2-6-12-22/h1,3-4,7-10,13-14H,2,5-6,11-12H2,(H,23,25)(H,24,26). The summed E-state index contributed by atoms with van der Waals surface area (Å²) in [4.78, 5) is 12.8. The van der Waals surface area contributed by atoms with E-state index in [0.29, 0.717) is 22.7 Å². The fourth-order valence-electron chi connectivity index (χ4n) is 3.95. The third-order valence-electron chi connectivity index (χ3n) is 5.36. The predicted molar refractivity (Wildman–Crippen MR) is 105 cm³/mol. The first kappa shape index (κ1) is 16.9. The molecule has 1 aliphatic heterocycles. The Morgan fingerprint density at radius 3 is 2.61 bits per heavy atom. The highest BCUT2D eigenvalue weighted by Crippen LogP contribution is 2.46. The molecule has 0 unspecified atom stereocenters. The van der Waals surface area contributed by atoms with Gasteiger partial charge in [0.15, 0.2) is 11.5 Å². The Kier molecular flexibility index (Phi) is 4.04. The van der Waals surface area contributed by atoms with E-state index in [1.54, 1.807) is 6.20 Å². The fourth-order valence-corrected chi connectivity index (χ4v) is 3.95. The van der Waals surface area contributed by atoms with Crippen LogP contribution in [0.5, 0.6) is 11.5 Å². The van der Waals surface area contributed by atoms with Crippen LogP contribution >= 0.6 is 0 Å². The van der Waals surface area contributed by atoms with Crippen molar-refractivity contribution >= 4 is 11.6 Å². The Hall–Kier alpha value is -3.28. The molecule has 1 fully saturated rings. The molecule has 0 radical (unpaired) electrons. The van der Waals surface area contributed by atoms with Crippen LogP contribution < -0.4 is 14.8 Å². The Labute approximate surface area is 162 Å². The first-order valence-corrected chi connectivity index (χ1v) is 9.65. The minimum atomic E-state index is -0.520. The number of H-pyrrole nitrogens is 1. The molecule has 142 valence electrons. The molecule has 1 aliphatic carbocycles. The molecule has 28 heavy (non-hydrogen) atoms. The van der Waals surface area contributed by atoms with E-state index in [-0.39, 0.29) is 5.91 Å². The lowest BCUT2D eigenvalue weighted by Crippen LogP contribution is -2.40. The van der Waals surface area contributed by atoms with Crippen LogP contribution in [0.25, 0.3) is 11.3 Å². The van der Waals surface area contributed by atoms with Crippen LogP contribution in [0.3, 0.4) is 0 Å². The van der Waals surface area contributed by atoms with Crippen molar-refractivity contribution in [3.63, 3.8) is 0 Å². The summed E-state index contributed by atoms with van der Waals surface area (Å²) in [5.74, 6) is 0.691. The molecule has 3 aromatic rings. The number of ether oxygens (including phenoxy) is 2. The summed E-state index contributed by atoms with van der Waals surface area (Å²) in [5, 5.41) is 9.90. The average molecular weight is 375 g/mol. The molecule has 2 N–H and O–H groups in total. The lowest BCUT2D eigenvalue weighted by Gasteiger charge is -2.31. The van der Waals surface area contributed by atoms with Crippen molar-refractivity contribution in [2.45, 2.75) is 37.9 Å². The van der Waals surface area contributed by atoms with E-state index in [1.807, 2.05) is 48.5 Å². The van der Waals surface area contributed by atoms with Gasteiger partial charge in [0.1, 0.15) is 0 Å². The number of nitrogens with zero attached hydrogens (tertiary/aromatic N) is 1. The van der Waals surface area contributed by atoms with E-state index >= 15 is 0 Å². The second kappa shape index (κ2) is 6.71. The lowest BCUT2D eigenvalue weighted by molar-refractivity contribution is -0.105. The minimum absolute atomic E-state index is 0.223. The molecule has 2 aromatic carbocycles. The van der Waals surface area contributed by atoms with E-state index < -0.39 is 5.79 Å². The maximum Gasteiger partial charge on any atom is 0.259 e. The van der Waals surface area contributed by atoms with Gasteiger partial charge < -0.3 is 14.8 Å². The smallest absolute Gasteiger partial charge is 0.259 e. The maximum atomic E-state index is 12.8. The van der Waals surface area contributed by atoms with Gasteiger partial charge >= 0.3 is 0 Å². The Bertz CT molecular complexity index is 1010. The summed E-state index contributed by atoms with van der Waals surface area (Å²) < 4.78 is 12.2. The van der Waals surface area contributed by atoms with Crippen LogP contribution in [-0.4, -0.2) is 21.9 Å². The van der Waals surface area contributed by atoms with Crippen LogP contribution in [0.15, 0.2) is 54.7 Å². The molecular formula is C22H21N3O3. The molecule has 0 bridgehead atoms. The van der Waals surface area contributed by atoms with Gasteiger partial charge in [0, 0.05) is 30.2 Å². The number of anilines is 1. The normalized spacial score (nSPS) is 16.9. The highest BCUT2D eigenvalue weighted by molar-refractivity contribution is 6.08. The molecule has 1 spiro atoms. The minimum Gasteiger partial charge on any atom is -0.448 e. The number of fused-ring (bicyclic) bond motifs is 1. The summed E-state index contributed by atoms with van der Waals surface area (Å²) in [6.07, 6.45) is 6.79. The fraction of sp³-hybridized carbons (Fsp3) is 0.273. The number of carbonyl (C=O) groups excluding carboxylic acids is 1. The second-order valence-electron chi connectivity index (χ2n) is 7.32. The number of hydrogen-bond donors (Lipinski definition) is 2. The molecule has 1 amide bonds. The Morgan fingerprint density at radius 1 is 1.00 bits per heavy atom. The molecule has 0 saturated heterocycles. The second-order valence-corrected chi connectivity index (χ2v) is 7.32. The van der Waals surface area contributed by atoms with Crippen LogP contribution in [-0.2, 0) is 0 Å². The summed E-state index contributed by atoms with van der Waals surface area (Å²) in [5.41, 5.74) is 2.77. The van der Waals surface area contributed by atoms with E-state index in [9.17, 15) is 4.79 Å². The first-order chi connectivity index (χ1) is 13.7. The van der Waals surface area contributed by atoms with Gasteiger partial charge in [-0.15, -0.1) is 0 Å². The highest BCUT2D eigenvalue weighted by Gasteiger charge is 2.42. The van der Waals surface area contributed by atoms with E-state index in [4.69, 9.17) is 9.47 Å². The van der Waals surface area contributed by atoms with Gasteiger partial charge in [-0.25, -0.2) is 0 Å². The van der Waals surface area contributed by atoms with Gasteiger partial charge in [-0.05, 0) is 25.0 Å². The summed E-state index contributed by atoms with van der Waals surface area (Å²) >= 11 is 0. The third-order valence-corrected chi connectivity index (χ3v) is 5.36. The summed E-state index contributed by atoms with van der Waals surface area (Å²) in [6.45, 7) is 0. The van der Waals surface area contributed by atoms with E-state index in [1.165, 1.54) is 6.42 Å². The van der Waals surface area contributed by atoms with Crippen LogP contribution in [0.4, 0.5) is 5.69 Å². The molecule has 6 nitrogen and oxygen atoms in total. The monoisotopic (exact) mass is 375 g/mol. The van der Waals surface area contributed by atoms with Crippen LogP contribution in [0, 0.1) is 0 Å². The van der Waals surface area contributed by atoms with Crippen molar-refractivity contribution in [2.75, 3.05) is 5.32 Å². The van der Waals surface area contributed by atoms with Crippen molar-refractivity contribution in [1.82, 2.24) is 10.2 Å². The van der Waals surface area contributed by atoms with E-state index in [2.05, 4.69) is 15.5 Å². The van der Waals surface area contributed by atoms with Gasteiger partial charge in [0.2, 0.25) is 0 Å². The van der Waals surface area contributed by atoms with Crippen molar-refractivity contribution in [1.29, 1.82) is 0 Å². The molecule has 0 atom stereocenters.